The highest BCUT2D eigenvalue weighted by Crippen LogP contribution is 2.16. The van der Waals surface area contributed by atoms with E-state index in [1.165, 1.54) is 16.6 Å². The van der Waals surface area contributed by atoms with Crippen molar-refractivity contribution in [1.82, 2.24) is 19.9 Å². The maximum atomic E-state index is 11.5. The SMILES string of the molecule is CC/C=C\C/C=C(/C)CC.COCCNCCc1cc2c([nH]c(=O)n2C)c(N)n1. The van der Waals surface area contributed by atoms with Crippen LogP contribution in [0.5, 0.6) is 0 Å². The lowest BCUT2D eigenvalue weighted by atomic mass is 10.2. The van der Waals surface area contributed by atoms with Crippen molar-refractivity contribution in [2.45, 2.75) is 46.5 Å². The number of nitrogens with zero attached hydrogens (tertiary/aromatic N) is 2. The van der Waals surface area contributed by atoms with E-state index in [9.17, 15) is 4.79 Å². The number of nitrogens with one attached hydrogen (secondary N) is 2. The Morgan fingerprint density at radius 3 is 2.76 bits per heavy atom. The zero-order valence-electron chi connectivity index (χ0n) is 18.5. The summed E-state index contributed by atoms with van der Waals surface area (Å²) in [7, 11) is 3.38. The minimum absolute atomic E-state index is 0.182. The van der Waals surface area contributed by atoms with E-state index in [1.54, 1.807) is 14.2 Å². The summed E-state index contributed by atoms with van der Waals surface area (Å²) in [5, 5.41) is 3.24. The largest absolute Gasteiger partial charge is 0.383 e. The zero-order valence-corrected chi connectivity index (χ0v) is 18.5. The molecular weight excluding hydrogens is 366 g/mol. The summed E-state index contributed by atoms with van der Waals surface area (Å²) < 4.78 is 6.49. The van der Waals surface area contributed by atoms with Crippen LogP contribution in [0.4, 0.5) is 5.82 Å². The van der Waals surface area contributed by atoms with Gasteiger partial charge in [-0.3, -0.25) is 4.57 Å². The van der Waals surface area contributed by atoms with Gasteiger partial charge in [-0.05, 0) is 32.3 Å². The molecule has 0 aromatic carbocycles. The van der Waals surface area contributed by atoms with E-state index in [0.29, 0.717) is 17.9 Å². The number of fused-ring (bicyclic) bond motifs is 1. The smallest absolute Gasteiger partial charge is 0.326 e. The Morgan fingerprint density at radius 2 is 2.10 bits per heavy atom. The second-order valence-corrected chi connectivity index (χ2v) is 6.89. The van der Waals surface area contributed by atoms with Crippen LogP contribution in [0, 0.1) is 0 Å². The van der Waals surface area contributed by atoms with Crippen LogP contribution in [0.1, 0.15) is 45.7 Å². The van der Waals surface area contributed by atoms with E-state index in [0.717, 1.165) is 43.6 Å². The molecule has 2 aromatic heterocycles. The highest BCUT2D eigenvalue weighted by atomic mass is 16.5. The van der Waals surface area contributed by atoms with Gasteiger partial charge in [0.1, 0.15) is 11.3 Å². The number of aromatic amines is 1. The van der Waals surface area contributed by atoms with Crippen LogP contribution in [-0.2, 0) is 18.2 Å². The van der Waals surface area contributed by atoms with Crippen LogP contribution in [-0.4, -0.2) is 41.3 Å². The highest BCUT2D eigenvalue weighted by molar-refractivity contribution is 5.85. The second kappa shape index (κ2) is 13.7. The topological polar surface area (TPSA) is 98.0 Å². The molecule has 0 fully saturated rings. The molecule has 0 amide bonds. The van der Waals surface area contributed by atoms with E-state index in [-0.39, 0.29) is 5.69 Å². The Kier molecular flexibility index (Phi) is 11.7. The summed E-state index contributed by atoms with van der Waals surface area (Å²) in [5.41, 5.74) is 9.41. The molecule has 0 aliphatic rings. The molecule has 0 saturated carbocycles. The molecular formula is C22H37N5O2. The second-order valence-electron chi connectivity index (χ2n) is 6.89. The molecule has 2 aromatic rings. The van der Waals surface area contributed by atoms with Crippen molar-refractivity contribution in [3.05, 3.63) is 46.0 Å². The van der Waals surface area contributed by atoms with E-state index in [2.05, 4.69) is 54.3 Å². The first-order valence-electron chi connectivity index (χ1n) is 10.3. The van der Waals surface area contributed by atoms with Gasteiger partial charge in [-0.2, -0.15) is 0 Å². The third-order valence-corrected chi connectivity index (χ3v) is 4.58. The van der Waals surface area contributed by atoms with Gasteiger partial charge in [0.15, 0.2) is 0 Å². The van der Waals surface area contributed by atoms with E-state index in [1.807, 2.05) is 6.07 Å². The van der Waals surface area contributed by atoms with Crippen LogP contribution < -0.4 is 16.7 Å². The quantitative estimate of drug-likeness (QED) is 0.418. The fourth-order valence-corrected chi connectivity index (χ4v) is 2.62. The number of hydrogen-bond acceptors (Lipinski definition) is 5. The van der Waals surface area contributed by atoms with Crippen LogP contribution in [0.25, 0.3) is 11.0 Å². The number of H-pyrrole nitrogens is 1. The third kappa shape index (κ3) is 8.66. The number of imidazole rings is 1. The van der Waals surface area contributed by atoms with Gasteiger partial charge in [-0.15, -0.1) is 0 Å². The van der Waals surface area contributed by atoms with Crippen molar-refractivity contribution in [2.75, 3.05) is 32.5 Å². The van der Waals surface area contributed by atoms with Gasteiger partial charge in [0, 0.05) is 39.4 Å². The number of aromatic nitrogens is 3. The van der Waals surface area contributed by atoms with Crippen molar-refractivity contribution in [3.63, 3.8) is 0 Å². The predicted molar refractivity (Wildman–Crippen MR) is 122 cm³/mol. The van der Waals surface area contributed by atoms with E-state index in [4.69, 9.17) is 10.5 Å². The van der Waals surface area contributed by atoms with Crippen molar-refractivity contribution in [3.8, 4) is 0 Å². The number of ether oxygens (including phenoxy) is 1. The summed E-state index contributed by atoms with van der Waals surface area (Å²) in [6, 6.07) is 1.89. The molecule has 0 radical (unpaired) electrons. The van der Waals surface area contributed by atoms with Crippen molar-refractivity contribution in [2.24, 2.45) is 7.05 Å². The fraction of sp³-hybridized carbons (Fsp3) is 0.545. The lowest BCUT2D eigenvalue weighted by Crippen LogP contribution is -2.22. The number of allylic oxidation sites excluding steroid dienone is 4. The zero-order chi connectivity index (χ0) is 21.6. The molecule has 2 heterocycles. The number of pyridine rings is 1. The van der Waals surface area contributed by atoms with Gasteiger partial charge < -0.3 is 20.8 Å². The third-order valence-electron chi connectivity index (χ3n) is 4.58. The molecule has 0 atom stereocenters. The van der Waals surface area contributed by atoms with Crippen molar-refractivity contribution >= 4 is 16.9 Å². The molecule has 7 nitrogen and oxygen atoms in total. The summed E-state index contributed by atoms with van der Waals surface area (Å²) in [6.45, 7) is 8.81. The average molecular weight is 404 g/mol. The Hall–Kier alpha value is -2.38. The van der Waals surface area contributed by atoms with Crippen LogP contribution in [0.3, 0.4) is 0 Å². The number of rotatable bonds is 10. The van der Waals surface area contributed by atoms with E-state index >= 15 is 0 Å². The number of anilines is 1. The van der Waals surface area contributed by atoms with Gasteiger partial charge in [0.25, 0.3) is 0 Å². The molecule has 162 valence electrons. The first kappa shape index (κ1) is 24.7. The Morgan fingerprint density at radius 1 is 1.34 bits per heavy atom. The van der Waals surface area contributed by atoms with Crippen molar-refractivity contribution < 1.29 is 4.74 Å². The van der Waals surface area contributed by atoms with Gasteiger partial charge in [0.05, 0.1) is 12.1 Å². The van der Waals surface area contributed by atoms with Gasteiger partial charge in [-0.25, -0.2) is 9.78 Å². The van der Waals surface area contributed by atoms with Crippen LogP contribution in [0.15, 0.2) is 34.7 Å². The predicted octanol–water partition coefficient (Wildman–Crippen LogP) is 3.32. The first-order chi connectivity index (χ1) is 13.9. The molecule has 0 aliphatic heterocycles. The number of hydrogen-bond donors (Lipinski definition) is 3. The van der Waals surface area contributed by atoms with Gasteiger partial charge in [-0.1, -0.05) is 37.6 Å². The molecule has 4 N–H and O–H groups in total. The van der Waals surface area contributed by atoms with E-state index < -0.39 is 0 Å². The lowest BCUT2D eigenvalue weighted by molar-refractivity contribution is 0.199. The summed E-state index contributed by atoms with van der Waals surface area (Å²) >= 11 is 0. The van der Waals surface area contributed by atoms with Crippen LogP contribution in [0.2, 0.25) is 0 Å². The fourth-order valence-electron chi connectivity index (χ4n) is 2.62. The summed E-state index contributed by atoms with van der Waals surface area (Å²) in [5.74, 6) is 0.363. The first-order valence-corrected chi connectivity index (χ1v) is 10.3. The van der Waals surface area contributed by atoms with Crippen molar-refractivity contribution in [1.29, 1.82) is 0 Å². The Labute approximate surface area is 174 Å². The average Bonchev–Trinajstić information content (AvgIpc) is 3.00. The number of aryl methyl sites for hydroxylation is 1. The molecule has 29 heavy (non-hydrogen) atoms. The molecule has 0 aliphatic carbocycles. The minimum atomic E-state index is -0.182. The molecule has 0 spiro atoms. The normalized spacial score (nSPS) is 11.8. The highest BCUT2D eigenvalue weighted by Gasteiger charge is 2.09. The van der Waals surface area contributed by atoms with Crippen LogP contribution >= 0.6 is 0 Å². The Bertz CT molecular complexity index is 849. The minimum Gasteiger partial charge on any atom is -0.383 e. The Balaban J connectivity index is 0.000000359. The number of nitrogens with two attached hydrogens (primary N) is 1. The molecule has 0 saturated heterocycles. The molecule has 7 heteroatoms. The monoisotopic (exact) mass is 403 g/mol. The lowest BCUT2D eigenvalue weighted by Gasteiger charge is -2.05. The molecule has 0 bridgehead atoms. The maximum absolute atomic E-state index is 11.5. The molecule has 2 rings (SSSR count). The standard InChI is InChI=1S/C12H19N5O2.C10H18/c1-17-9-7-8(3-4-14-5-6-19-2)15-11(13)10(9)16-12(17)18;1-4-6-7-8-9-10(3)5-2/h7,14H,3-6H2,1-2H3,(H2,13,15)(H,16,18);6-7,9H,4-5,8H2,1-3H3/b;7-6-,10-9-. The van der Waals surface area contributed by atoms with Gasteiger partial charge >= 0.3 is 5.69 Å². The van der Waals surface area contributed by atoms with Gasteiger partial charge in [0.2, 0.25) is 0 Å². The number of nitrogen functional groups attached to an aromatic ring is 1. The molecule has 0 unspecified atom stereocenters. The summed E-state index contributed by atoms with van der Waals surface area (Å²) in [6.07, 6.45) is 10.9. The number of methoxy groups -OCH3 is 1. The summed E-state index contributed by atoms with van der Waals surface area (Å²) in [4.78, 5) is 18.5. The maximum Gasteiger partial charge on any atom is 0.326 e.